The van der Waals surface area contributed by atoms with Crippen LogP contribution in [0.5, 0.6) is 0 Å². The Balaban J connectivity index is 1.38. The van der Waals surface area contributed by atoms with Gasteiger partial charge in [0.2, 0.25) is 0 Å². The van der Waals surface area contributed by atoms with Crippen molar-refractivity contribution in [2.45, 2.75) is 96.8 Å². The van der Waals surface area contributed by atoms with Crippen molar-refractivity contribution in [2.75, 3.05) is 0 Å². The van der Waals surface area contributed by atoms with E-state index in [1.807, 2.05) is 0 Å². The monoisotopic (exact) mass is 325 g/mol. The number of H-pyrrole nitrogens is 1. The number of aryl methyl sites for hydroxylation is 3. The smallest absolute Gasteiger partial charge is 0.0461 e. The zero-order chi connectivity index (χ0) is 16.6. The maximum absolute atomic E-state index is 3.66. The summed E-state index contributed by atoms with van der Waals surface area (Å²) in [5.41, 5.74) is 6.11. The Kier molecular flexibility index (Phi) is 6.81. The van der Waals surface area contributed by atoms with Crippen molar-refractivity contribution in [3.8, 4) is 0 Å². The van der Waals surface area contributed by atoms with Crippen LogP contribution >= 0.6 is 0 Å². The van der Waals surface area contributed by atoms with Gasteiger partial charge in [0.25, 0.3) is 0 Å². The number of benzene rings is 1. The first-order valence-corrected chi connectivity index (χ1v) is 10.5. The van der Waals surface area contributed by atoms with Crippen molar-refractivity contribution in [3.05, 3.63) is 35.0 Å². The zero-order valence-corrected chi connectivity index (χ0v) is 15.6. The quantitative estimate of drug-likeness (QED) is 0.423. The van der Waals surface area contributed by atoms with E-state index in [4.69, 9.17) is 0 Å². The second-order valence-electron chi connectivity index (χ2n) is 7.71. The molecule has 0 radical (unpaired) electrons. The summed E-state index contributed by atoms with van der Waals surface area (Å²) in [7, 11) is 0. The molecule has 0 amide bonds. The van der Waals surface area contributed by atoms with Crippen molar-refractivity contribution < 1.29 is 0 Å². The van der Waals surface area contributed by atoms with Crippen LogP contribution in [0.25, 0.3) is 10.9 Å². The van der Waals surface area contributed by atoms with Crippen molar-refractivity contribution in [2.24, 2.45) is 0 Å². The highest BCUT2D eigenvalue weighted by Gasteiger charge is 2.18. The number of unbranched alkanes of at least 4 members (excludes halogenated alkanes) is 9. The van der Waals surface area contributed by atoms with Gasteiger partial charge in [-0.3, -0.25) is 0 Å². The van der Waals surface area contributed by atoms with Gasteiger partial charge in [-0.1, -0.05) is 76.8 Å². The molecule has 0 saturated heterocycles. The molecule has 0 bridgehead atoms. The van der Waals surface area contributed by atoms with E-state index in [-0.39, 0.29) is 0 Å². The van der Waals surface area contributed by atoms with E-state index in [1.54, 1.807) is 16.5 Å². The SMILES string of the molecule is CCCCCCCCCCCCc1cccc2[nH]c3c(c12)CCC3. The first kappa shape index (κ1) is 17.6. The largest absolute Gasteiger partial charge is 0.358 e. The van der Waals surface area contributed by atoms with E-state index in [1.165, 1.54) is 101 Å². The molecule has 0 fully saturated rings. The molecule has 132 valence electrons. The molecule has 1 aromatic heterocycles. The van der Waals surface area contributed by atoms with Gasteiger partial charge < -0.3 is 4.98 Å². The number of hydrogen-bond donors (Lipinski definition) is 1. The molecule has 3 rings (SSSR count). The number of fused-ring (bicyclic) bond motifs is 3. The Labute approximate surface area is 148 Å². The highest BCUT2D eigenvalue weighted by atomic mass is 14.7. The van der Waals surface area contributed by atoms with Gasteiger partial charge in [-0.05, 0) is 49.3 Å². The van der Waals surface area contributed by atoms with Crippen LogP contribution in [0.3, 0.4) is 0 Å². The third-order valence-corrected chi connectivity index (χ3v) is 5.76. The molecule has 2 aromatic rings. The maximum atomic E-state index is 3.66. The summed E-state index contributed by atoms with van der Waals surface area (Å²) in [6.45, 7) is 2.29. The van der Waals surface area contributed by atoms with Gasteiger partial charge in [0.05, 0.1) is 0 Å². The number of rotatable bonds is 11. The molecule has 1 heteroatoms. The molecule has 0 aliphatic heterocycles. The third-order valence-electron chi connectivity index (χ3n) is 5.76. The van der Waals surface area contributed by atoms with Gasteiger partial charge in [-0.25, -0.2) is 0 Å². The first-order valence-electron chi connectivity index (χ1n) is 10.5. The predicted molar refractivity (Wildman–Crippen MR) is 106 cm³/mol. The Hall–Kier alpha value is -1.24. The van der Waals surface area contributed by atoms with E-state index >= 15 is 0 Å². The molecule has 1 aromatic carbocycles. The van der Waals surface area contributed by atoms with Crippen molar-refractivity contribution in [3.63, 3.8) is 0 Å². The minimum Gasteiger partial charge on any atom is -0.358 e. The summed E-state index contributed by atoms with van der Waals surface area (Å²) in [4.78, 5) is 3.66. The Bertz CT molecular complexity index is 622. The summed E-state index contributed by atoms with van der Waals surface area (Å²) in [6, 6.07) is 6.86. The predicted octanol–water partition coefficient (Wildman–Crippen LogP) is 7.12. The molecule has 0 saturated carbocycles. The molecule has 0 atom stereocenters. The number of nitrogens with one attached hydrogen (secondary N) is 1. The van der Waals surface area contributed by atoms with Crippen molar-refractivity contribution in [1.82, 2.24) is 4.98 Å². The standard InChI is InChI=1S/C23H35N/c1-2-3-4-5-6-7-8-9-10-11-14-19-15-12-18-22-23(19)20-16-13-17-21(20)24-22/h12,15,18,24H,2-11,13-14,16-17H2,1H3. The Morgan fingerprint density at radius 2 is 1.54 bits per heavy atom. The lowest BCUT2D eigenvalue weighted by atomic mass is 9.99. The van der Waals surface area contributed by atoms with E-state index in [0.29, 0.717) is 0 Å². The van der Waals surface area contributed by atoms with Gasteiger partial charge in [0.15, 0.2) is 0 Å². The molecule has 1 N–H and O–H groups in total. The van der Waals surface area contributed by atoms with Crippen LogP contribution in [0.2, 0.25) is 0 Å². The minimum atomic E-state index is 1.25. The molecular weight excluding hydrogens is 290 g/mol. The fourth-order valence-electron chi connectivity index (χ4n) is 4.39. The number of aromatic nitrogens is 1. The van der Waals surface area contributed by atoms with Crippen LogP contribution in [0, 0.1) is 0 Å². The summed E-state index contributed by atoms with van der Waals surface area (Å²) in [6.07, 6.45) is 19.3. The third kappa shape index (κ3) is 4.43. The van der Waals surface area contributed by atoms with Gasteiger partial charge in [0.1, 0.15) is 0 Å². The summed E-state index contributed by atoms with van der Waals surface area (Å²) in [5.74, 6) is 0. The summed E-state index contributed by atoms with van der Waals surface area (Å²) >= 11 is 0. The molecule has 0 spiro atoms. The second kappa shape index (κ2) is 9.30. The number of aromatic amines is 1. The van der Waals surface area contributed by atoms with Gasteiger partial charge in [0, 0.05) is 16.6 Å². The first-order chi connectivity index (χ1) is 11.9. The van der Waals surface area contributed by atoms with E-state index in [9.17, 15) is 0 Å². The van der Waals surface area contributed by atoms with Crippen LogP contribution in [0.1, 0.15) is 94.4 Å². The Morgan fingerprint density at radius 3 is 2.29 bits per heavy atom. The Morgan fingerprint density at radius 1 is 0.833 bits per heavy atom. The van der Waals surface area contributed by atoms with Gasteiger partial charge >= 0.3 is 0 Å². The second-order valence-corrected chi connectivity index (χ2v) is 7.71. The van der Waals surface area contributed by atoms with Crippen LogP contribution in [0.15, 0.2) is 18.2 Å². The molecule has 1 aliphatic carbocycles. The molecule has 0 unspecified atom stereocenters. The highest BCUT2D eigenvalue weighted by Crippen LogP contribution is 2.32. The zero-order valence-electron chi connectivity index (χ0n) is 15.6. The molecule has 1 nitrogen and oxygen atoms in total. The minimum absolute atomic E-state index is 1.25. The van der Waals surface area contributed by atoms with Crippen molar-refractivity contribution in [1.29, 1.82) is 0 Å². The molecule has 1 heterocycles. The lowest BCUT2D eigenvalue weighted by Crippen LogP contribution is -1.89. The maximum Gasteiger partial charge on any atom is 0.0461 e. The number of hydrogen-bond acceptors (Lipinski definition) is 0. The summed E-state index contributed by atoms with van der Waals surface area (Å²) < 4.78 is 0. The van der Waals surface area contributed by atoms with Crippen LogP contribution in [-0.2, 0) is 19.3 Å². The van der Waals surface area contributed by atoms with Gasteiger partial charge in [-0.15, -0.1) is 0 Å². The molecule has 24 heavy (non-hydrogen) atoms. The lowest BCUT2D eigenvalue weighted by Gasteiger charge is -2.06. The van der Waals surface area contributed by atoms with Crippen molar-refractivity contribution >= 4 is 10.9 Å². The van der Waals surface area contributed by atoms with E-state index in [2.05, 4.69) is 30.1 Å². The molecular formula is C23H35N. The van der Waals surface area contributed by atoms with Gasteiger partial charge in [-0.2, -0.15) is 0 Å². The normalized spacial score (nSPS) is 13.7. The van der Waals surface area contributed by atoms with Crippen LogP contribution in [0.4, 0.5) is 0 Å². The average molecular weight is 326 g/mol. The molecule has 1 aliphatic rings. The van der Waals surface area contributed by atoms with E-state index < -0.39 is 0 Å². The highest BCUT2D eigenvalue weighted by molar-refractivity contribution is 5.88. The lowest BCUT2D eigenvalue weighted by molar-refractivity contribution is 0.556. The van der Waals surface area contributed by atoms with E-state index in [0.717, 1.165) is 0 Å². The topological polar surface area (TPSA) is 15.8 Å². The summed E-state index contributed by atoms with van der Waals surface area (Å²) in [5, 5.41) is 1.57. The fraction of sp³-hybridized carbons (Fsp3) is 0.652. The average Bonchev–Trinajstić information content (AvgIpc) is 3.17. The van der Waals surface area contributed by atoms with Crippen LogP contribution in [-0.4, -0.2) is 4.98 Å². The fourth-order valence-corrected chi connectivity index (χ4v) is 4.39. The van der Waals surface area contributed by atoms with Crippen LogP contribution < -0.4 is 0 Å².